The van der Waals surface area contributed by atoms with Gasteiger partial charge >= 0.3 is 6.03 Å². The smallest absolute Gasteiger partial charge is 0.315 e. The molecular weight excluding hydrogens is 228 g/mol. The van der Waals surface area contributed by atoms with Gasteiger partial charge in [-0.15, -0.1) is 6.42 Å². The lowest BCUT2D eigenvalue weighted by Crippen LogP contribution is -2.44. The van der Waals surface area contributed by atoms with Crippen LogP contribution in [0, 0.1) is 18.3 Å². The van der Waals surface area contributed by atoms with E-state index < -0.39 is 0 Å². The first-order valence-electron chi connectivity index (χ1n) is 6.11. The minimum Gasteiger partial charge on any atom is -0.338 e. The van der Waals surface area contributed by atoms with Gasteiger partial charge in [0.2, 0.25) is 0 Å². The number of rotatable bonds is 6. The fourth-order valence-corrected chi connectivity index (χ4v) is 1.47. The van der Waals surface area contributed by atoms with Crippen molar-refractivity contribution in [3.05, 3.63) is 18.5 Å². The Morgan fingerprint density at radius 1 is 1.56 bits per heavy atom. The second-order valence-corrected chi connectivity index (χ2v) is 4.41. The molecule has 0 bridgehead atoms. The maximum Gasteiger partial charge on any atom is 0.315 e. The van der Waals surface area contributed by atoms with Gasteiger partial charge in [0.1, 0.15) is 0 Å². The number of aromatic nitrogens is 2. The monoisotopic (exact) mass is 248 g/mol. The second-order valence-electron chi connectivity index (χ2n) is 4.41. The zero-order valence-corrected chi connectivity index (χ0v) is 10.9. The van der Waals surface area contributed by atoms with Crippen LogP contribution in [0.2, 0.25) is 0 Å². The molecule has 1 aromatic heterocycles. The zero-order chi connectivity index (χ0) is 13.4. The van der Waals surface area contributed by atoms with Crippen molar-refractivity contribution in [2.45, 2.75) is 32.9 Å². The van der Waals surface area contributed by atoms with Gasteiger partial charge in [-0.25, -0.2) is 4.79 Å². The summed E-state index contributed by atoms with van der Waals surface area (Å²) in [6.07, 6.45) is 9.80. The van der Waals surface area contributed by atoms with Crippen molar-refractivity contribution in [1.82, 2.24) is 20.4 Å². The van der Waals surface area contributed by atoms with Crippen LogP contribution < -0.4 is 10.6 Å². The number of carbonyl (C=O) groups excluding carboxylic acids is 1. The maximum absolute atomic E-state index is 11.5. The SMILES string of the molecule is C#C[C@@H](NC(=O)NCCCn1cccn1)C(C)C. The number of carbonyl (C=O) groups is 1. The molecule has 18 heavy (non-hydrogen) atoms. The molecule has 0 unspecified atom stereocenters. The van der Waals surface area contributed by atoms with E-state index in [-0.39, 0.29) is 18.0 Å². The van der Waals surface area contributed by atoms with E-state index in [1.165, 1.54) is 0 Å². The number of hydrogen-bond acceptors (Lipinski definition) is 2. The van der Waals surface area contributed by atoms with Crippen LogP contribution in [0.25, 0.3) is 0 Å². The zero-order valence-electron chi connectivity index (χ0n) is 10.9. The Morgan fingerprint density at radius 3 is 2.89 bits per heavy atom. The highest BCUT2D eigenvalue weighted by Gasteiger charge is 2.12. The predicted molar refractivity (Wildman–Crippen MR) is 70.8 cm³/mol. The van der Waals surface area contributed by atoms with Gasteiger partial charge in [0, 0.05) is 25.5 Å². The molecule has 0 aliphatic rings. The van der Waals surface area contributed by atoms with Crippen molar-refractivity contribution in [3.8, 4) is 12.3 Å². The van der Waals surface area contributed by atoms with Crippen molar-refractivity contribution in [2.75, 3.05) is 6.54 Å². The summed E-state index contributed by atoms with van der Waals surface area (Å²) in [4.78, 5) is 11.5. The van der Waals surface area contributed by atoms with Crippen molar-refractivity contribution in [3.63, 3.8) is 0 Å². The average Bonchev–Trinajstić information content (AvgIpc) is 2.84. The van der Waals surface area contributed by atoms with E-state index in [9.17, 15) is 4.79 Å². The molecule has 2 amide bonds. The van der Waals surface area contributed by atoms with Gasteiger partial charge in [-0.1, -0.05) is 19.8 Å². The maximum atomic E-state index is 11.5. The minimum absolute atomic E-state index is 0.216. The summed E-state index contributed by atoms with van der Waals surface area (Å²) in [6.45, 7) is 5.34. The molecule has 5 nitrogen and oxygen atoms in total. The second kappa shape index (κ2) is 7.38. The number of terminal acetylenes is 1. The van der Waals surface area contributed by atoms with Gasteiger partial charge in [0.15, 0.2) is 0 Å². The van der Waals surface area contributed by atoms with Gasteiger partial charge in [0.25, 0.3) is 0 Å². The Labute approximate surface area is 108 Å². The minimum atomic E-state index is -0.226. The molecule has 2 N–H and O–H groups in total. The summed E-state index contributed by atoms with van der Waals surface area (Å²) in [7, 11) is 0. The molecule has 1 rings (SSSR count). The van der Waals surface area contributed by atoms with Gasteiger partial charge in [-0.3, -0.25) is 4.68 Å². The number of nitrogens with zero attached hydrogens (tertiary/aromatic N) is 2. The first-order valence-corrected chi connectivity index (χ1v) is 6.11. The fraction of sp³-hybridized carbons (Fsp3) is 0.538. The molecule has 0 aromatic carbocycles. The molecule has 1 atom stereocenters. The Morgan fingerprint density at radius 2 is 2.33 bits per heavy atom. The first kappa shape index (κ1) is 14.1. The molecule has 0 saturated heterocycles. The van der Waals surface area contributed by atoms with Crippen molar-refractivity contribution in [2.24, 2.45) is 5.92 Å². The van der Waals surface area contributed by atoms with E-state index in [2.05, 4.69) is 21.7 Å². The highest BCUT2D eigenvalue weighted by molar-refractivity contribution is 5.74. The lowest BCUT2D eigenvalue weighted by molar-refractivity contribution is 0.236. The van der Waals surface area contributed by atoms with E-state index in [0.29, 0.717) is 6.54 Å². The Hall–Kier alpha value is -1.96. The molecule has 0 aliphatic heterocycles. The van der Waals surface area contributed by atoms with Crippen molar-refractivity contribution < 1.29 is 4.79 Å². The molecule has 1 aromatic rings. The van der Waals surface area contributed by atoms with E-state index in [1.54, 1.807) is 6.20 Å². The van der Waals surface area contributed by atoms with Crippen molar-refractivity contribution in [1.29, 1.82) is 0 Å². The molecule has 0 fully saturated rings. The molecule has 0 aliphatic carbocycles. The molecule has 0 radical (unpaired) electrons. The first-order chi connectivity index (χ1) is 8.63. The number of hydrogen-bond donors (Lipinski definition) is 2. The van der Waals surface area contributed by atoms with Crippen LogP contribution in [0.15, 0.2) is 18.5 Å². The number of urea groups is 1. The van der Waals surface area contributed by atoms with Crippen LogP contribution in [0.1, 0.15) is 20.3 Å². The Bertz CT molecular complexity index is 392. The van der Waals surface area contributed by atoms with Crippen molar-refractivity contribution >= 4 is 6.03 Å². The highest BCUT2D eigenvalue weighted by Crippen LogP contribution is 1.99. The van der Waals surface area contributed by atoms with Crippen LogP contribution in [0.4, 0.5) is 4.79 Å². The van der Waals surface area contributed by atoms with Crippen LogP contribution in [-0.4, -0.2) is 28.4 Å². The average molecular weight is 248 g/mol. The van der Waals surface area contributed by atoms with E-state index in [4.69, 9.17) is 6.42 Å². The molecule has 1 heterocycles. The molecule has 0 saturated carbocycles. The van der Waals surface area contributed by atoms with E-state index >= 15 is 0 Å². The van der Waals surface area contributed by atoms with Gasteiger partial charge in [-0.2, -0.15) is 5.10 Å². The lowest BCUT2D eigenvalue weighted by Gasteiger charge is -2.16. The topological polar surface area (TPSA) is 59.0 Å². The fourth-order valence-electron chi connectivity index (χ4n) is 1.47. The quantitative estimate of drug-likeness (QED) is 0.587. The summed E-state index contributed by atoms with van der Waals surface area (Å²) in [5, 5.41) is 9.61. The van der Waals surface area contributed by atoms with Crippen LogP contribution >= 0.6 is 0 Å². The molecule has 98 valence electrons. The van der Waals surface area contributed by atoms with E-state index in [1.807, 2.05) is 30.8 Å². The third kappa shape index (κ3) is 4.91. The largest absolute Gasteiger partial charge is 0.338 e. The van der Waals surface area contributed by atoms with Gasteiger partial charge in [0.05, 0.1) is 6.04 Å². The van der Waals surface area contributed by atoms with Crippen LogP contribution in [0.5, 0.6) is 0 Å². The molecule has 0 spiro atoms. The number of aryl methyl sites for hydroxylation is 1. The van der Waals surface area contributed by atoms with Gasteiger partial charge < -0.3 is 10.6 Å². The molecule has 5 heteroatoms. The summed E-state index contributed by atoms with van der Waals surface area (Å²) in [5.74, 6) is 2.79. The van der Waals surface area contributed by atoms with Gasteiger partial charge in [-0.05, 0) is 18.4 Å². The third-order valence-corrected chi connectivity index (χ3v) is 2.54. The third-order valence-electron chi connectivity index (χ3n) is 2.54. The standard InChI is InChI=1S/C13H20N4O/c1-4-12(11(2)3)16-13(18)14-7-5-9-17-10-6-8-15-17/h1,6,8,10-12H,5,7,9H2,2-3H3,(H2,14,16,18)/t12-/m1/s1. The highest BCUT2D eigenvalue weighted by atomic mass is 16.2. The molecular formula is C13H20N4O. The summed E-state index contributed by atoms with van der Waals surface area (Å²) < 4.78 is 1.83. The summed E-state index contributed by atoms with van der Waals surface area (Å²) in [6, 6.07) is 1.43. The lowest BCUT2D eigenvalue weighted by atomic mass is 10.1. The normalized spacial score (nSPS) is 11.9. The Balaban J connectivity index is 2.15. The summed E-state index contributed by atoms with van der Waals surface area (Å²) >= 11 is 0. The summed E-state index contributed by atoms with van der Waals surface area (Å²) in [5.41, 5.74) is 0. The van der Waals surface area contributed by atoms with Crippen LogP contribution in [-0.2, 0) is 6.54 Å². The number of amides is 2. The predicted octanol–water partition coefficient (Wildman–Crippen LogP) is 1.23. The van der Waals surface area contributed by atoms with E-state index in [0.717, 1.165) is 13.0 Å². The number of nitrogens with one attached hydrogen (secondary N) is 2. The van der Waals surface area contributed by atoms with Crippen LogP contribution in [0.3, 0.4) is 0 Å². The Kier molecular flexibility index (Phi) is 5.78.